The minimum Gasteiger partial charge on any atom is -0.493 e. The molecule has 0 N–H and O–H groups in total. The Balaban J connectivity index is 1.94. The van der Waals surface area contributed by atoms with E-state index in [1.54, 1.807) is 19.2 Å². The highest BCUT2D eigenvalue weighted by Crippen LogP contribution is 2.38. The van der Waals surface area contributed by atoms with Crippen LogP contribution >= 0.6 is 11.3 Å². The molecule has 0 spiro atoms. The molecule has 0 saturated heterocycles. The lowest BCUT2D eigenvalue weighted by molar-refractivity contribution is 0.0782. The average molecular weight is 417 g/mol. The van der Waals surface area contributed by atoms with E-state index in [2.05, 4.69) is 4.98 Å². The minimum absolute atomic E-state index is 0.0262. The lowest BCUT2D eigenvalue weighted by Gasteiger charge is -2.19. The molecule has 0 aliphatic heterocycles. The Bertz CT molecular complexity index is 1110. The molecule has 0 radical (unpaired) electrons. The van der Waals surface area contributed by atoms with Gasteiger partial charge in [-0.3, -0.25) is 14.0 Å². The van der Waals surface area contributed by atoms with Gasteiger partial charge >= 0.3 is 0 Å². The molecule has 8 nitrogen and oxygen atoms in total. The number of carbonyl (C=O) groups excluding carboxylic acids is 1. The second kappa shape index (κ2) is 8.12. The van der Waals surface area contributed by atoms with Crippen molar-refractivity contribution in [2.75, 3.05) is 28.4 Å². The average Bonchev–Trinajstić information content (AvgIpc) is 3.01. The molecule has 2 heterocycles. The highest BCUT2D eigenvalue weighted by atomic mass is 32.1. The summed E-state index contributed by atoms with van der Waals surface area (Å²) in [5.41, 5.74) is 1.23. The quantitative estimate of drug-likeness (QED) is 0.613. The molecule has 0 aliphatic carbocycles. The molecule has 3 aromatic rings. The van der Waals surface area contributed by atoms with Gasteiger partial charge in [-0.15, -0.1) is 11.3 Å². The second-order valence-electron chi connectivity index (χ2n) is 6.53. The summed E-state index contributed by atoms with van der Waals surface area (Å²) in [6, 6.07) is 3.54. The number of amides is 1. The molecule has 0 bridgehead atoms. The van der Waals surface area contributed by atoms with Crippen LogP contribution in [0.4, 0.5) is 0 Å². The van der Waals surface area contributed by atoms with Crippen molar-refractivity contribution in [3.05, 3.63) is 50.4 Å². The Labute approximate surface area is 172 Å². The van der Waals surface area contributed by atoms with Crippen LogP contribution in [0.2, 0.25) is 0 Å². The van der Waals surface area contributed by atoms with Gasteiger partial charge in [-0.1, -0.05) is 0 Å². The van der Waals surface area contributed by atoms with E-state index >= 15 is 0 Å². The Morgan fingerprint density at radius 2 is 1.76 bits per heavy atom. The van der Waals surface area contributed by atoms with Crippen molar-refractivity contribution >= 4 is 22.2 Å². The molecule has 1 aromatic carbocycles. The first kappa shape index (κ1) is 20.7. The van der Waals surface area contributed by atoms with E-state index in [4.69, 9.17) is 14.2 Å². The van der Waals surface area contributed by atoms with Crippen LogP contribution in [0.3, 0.4) is 0 Å². The highest BCUT2D eigenvalue weighted by Gasteiger charge is 2.21. The summed E-state index contributed by atoms with van der Waals surface area (Å²) in [4.78, 5) is 33.1. The maximum absolute atomic E-state index is 13.0. The van der Waals surface area contributed by atoms with Crippen molar-refractivity contribution in [1.82, 2.24) is 14.3 Å². The molecule has 0 unspecified atom stereocenters. The van der Waals surface area contributed by atoms with Crippen LogP contribution < -0.4 is 19.8 Å². The number of hydrogen-bond donors (Lipinski definition) is 0. The molecule has 2 aromatic heterocycles. The molecule has 0 atom stereocenters. The largest absolute Gasteiger partial charge is 0.493 e. The fourth-order valence-electron chi connectivity index (χ4n) is 3.10. The molecular weight excluding hydrogens is 394 g/mol. The zero-order chi connectivity index (χ0) is 21.3. The molecule has 29 heavy (non-hydrogen) atoms. The molecule has 0 fully saturated rings. The maximum atomic E-state index is 13.0. The van der Waals surface area contributed by atoms with Gasteiger partial charge in [0.2, 0.25) is 5.75 Å². The second-order valence-corrected chi connectivity index (χ2v) is 7.72. The highest BCUT2D eigenvalue weighted by molar-refractivity contribution is 7.17. The first-order valence-corrected chi connectivity index (χ1v) is 9.66. The van der Waals surface area contributed by atoms with Gasteiger partial charge in [-0.25, -0.2) is 4.98 Å². The van der Waals surface area contributed by atoms with Gasteiger partial charge < -0.3 is 19.1 Å². The van der Waals surface area contributed by atoms with Gasteiger partial charge in [0.25, 0.3) is 11.5 Å². The van der Waals surface area contributed by atoms with Crippen molar-refractivity contribution in [2.45, 2.75) is 20.4 Å². The van der Waals surface area contributed by atoms with Crippen LogP contribution in [0.15, 0.2) is 23.1 Å². The zero-order valence-electron chi connectivity index (χ0n) is 17.2. The third kappa shape index (κ3) is 3.65. The van der Waals surface area contributed by atoms with E-state index in [0.29, 0.717) is 22.2 Å². The van der Waals surface area contributed by atoms with Gasteiger partial charge in [0.15, 0.2) is 16.5 Å². The summed E-state index contributed by atoms with van der Waals surface area (Å²) in [5, 5.41) is 0. The number of aryl methyl sites for hydroxylation is 2. The minimum atomic E-state index is -0.408. The fourth-order valence-corrected chi connectivity index (χ4v) is 4.03. The van der Waals surface area contributed by atoms with E-state index in [1.165, 1.54) is 48.2 Å². The maximum Gasteiger partial charge on any atom is 0.271 e. The molecule has 1 amide bonds. The van der Waals surface area contributed by atoms with Gasteiger partial charge in [0.1, 0.15) is 5.56 Å². The number of ether oxygens (including phenoxy) is 3. The van der Waals surface area contributed by atoms with Gasteiger partial charge in [0.05, 0.1) is 21.3 Å². The molecule has 9 heteroatoms. The van der Waals surface area contributed by atoms with E-state index in [-0.39, 0.29) is 17.7 Å². The van der Waals surface area contributed by atoms with Crippen molar-refractivity contribution in [2.24, 2.45) is 0 Å². The van der Waals surface area contributed by atoms with E-state index in [9.17, 15) is 9.59 Å². The number of hydrogen-bond acceptors (Lipinski definition) is 7. The molecule has 0 saturated carbocycles. The lowest BCUT2D eigenvalue weighted by atomic mass is 10.1. The monoisotopic (exact) mass is 417 g/mol. The smallest absolute Gasteiger partial charge is 0.271 e. The van der Waals surface area contributed by atoms with Crippen molar-refractivity contribution in [3.63, 3.8) is 0 Å². The Kier molecular flexibility index (Phi) is 5.78. The van der Waals surface area contributed by atoms with Crippen molar-refractivity contribution < 1.29 is 19.0 Å². The summed E-state index contributed by atoms with van der Waals surface area (Å²) in [5.74, 6) is 1.06. The normalized spacial score (nSPS) is 10.8. The number of fused-ring (bicyclic) bond motifs is 1. The summed E-state index contributed by atoms with van der Waals surface area (Å²) in [6.07, 6.45) is 1.35. The summed E-state index contributed by atoms with van der Waals surface area (Å²) >= 11 is 1.42. The third-order valence-electron chi connectivity index (χ3n) is 4.74. The number of rotatable bonds is 6. The first-order valence-electron chi connectivity index (χ1n) is 8.84. The predicted molar refractivity (Wildman–Crippen MR) is 111 cm³/mol. The summed E-state index contributed by atoms with van der Waals surface area (Å²) in [6.45, 7) is 4.02. The van der Waals surface area contributed by atoms with Crippen LogP contribution in [-0.2, 0) is 6.54 Å². The third-order valence-corrected chi connectivity index (χ3v) is 5.81. The number of methoxy groups -OCH3 is 3. The number of nitrogens with zero attached hydrogens (tertiary/aromatic N) is 3. The van der Waals surface area contributed by atoms with E-state index in [1.807, 2.05) is 13.8 Å². The predicted octanol–water partition coefficient (Wildman–Crippen LogP) is 2.67. The molecular formula is C20H23N3O5S. The van der Waals surface area contributed by atoms with E-state index < -0.39 is 5.91 Å². The Morgan fingerprint density at radius 3 is 2.31 bits per heavy atom. The Morgan fingerprint density at radius 1 is 1.14 bits per heavy atom. The van der Waals surface area contributed by atoms with Crippen LogP contribution in [0.1, 0.15) is 26.5 Å². The molecule has 3 rings (SSSR count). The van der Waals surface area contributed by atoms with Crippen LogP contribution in [0, 0.1) is 13.8 Å². The van der Waals surface area contributed by atoms with Gasteiger partial charge in [-0.05, 0) is 31.5 Å². The van der Waals surface area contributed by atoms with Gasteiger partial charge in [-0.2, -0.15) is 0 Å². The number of benzene rings is 1. The molecule has 154 valence electrons. The first-order chi connectivity index (χ1) is 13.8. The van der Waals surface area contributed by atoms with Gasteiger partial charge in [0, 0.05) is 30.4 Å². The number of carbonyl (C=O) groups is 1. The number of aromatic nitrogens is 2. The topological polar surface area (TPSA) is 82.4 Å². The molecule has 0 aliphatic rings. The summed E-state index contributed by atoms with van der Waals surface area (Å²) in [7, 11) is 6.22. The fraction of sp³-hybridized carbons (Fsp3) is 0.350. The summed E-state index contributed by atoms with van der Waals surface area (Å²) < 4.78 is 17.5. The van der Waals surface area contributed by atoms with Crippen LogP contribution in [-0.4, -0.2) is 48.6 Å². The van der Waals surface area contributed by atoms with Crippen molar-refractivity contribution in [3.8, 4) is 17.2 Å². The standard InChI is InChI=1S/C20H23N3O5S/c1-11-12(2)29-20-21-9-14(19(25)23(11)20)18(24)22(3)10-13-7-15(26-4)17(28-6)16(8-13)27-5/h7-9H,10H2,1-6H3. The lowest BCUT2D eigenvalue weighted by Crippen LogP contribution is -2.33. The van der Waals surface area contributed by atoms with E-state index in [0.717, 1.165) is 16.1 Å². The zero-order valence-corrected chi connectivity index (χ0v) is 18.0. The van der Waals surface area contributed by atoms with Crippen molar-refractivity contribution in [1.29, 1.82) is 0 Å². The van der Waals surface area contributed by atoms with Crippen LogP contribution in [0.5, 0.6) is 17.2 Å². The van der Waals surface area contributed by atoms with Crippen LogP contribution in [0.25, 0.3) is 4.96 Å². The number of thiazole rings is 1. The Hall–Kier alpha value is -3.07. The SMILES string of the molecule is COc1cc(CN(C)C(=O)c2cnc3sc(C)c(C)n3c2=O)cc(OC)c1OC.